The summed E-state index contributed by atoms with van der Waals surface area (Å²) < 4.78 is 105. The Labute approximate surface area is 103 Å². The predicted octanol–water partition coefficient (Wildman–Crippen LogP) is 3.71. The molecule has 0 aromatic rings. The van der Waals surface area contributed by atoms with E-state index in [1.165, 1.54) is 0 Å². The van der Waals surface area contributed by atoms with Gasteiger partial charge in [0.2, 0.25) is 11.3 Å². The quantitative estimate of drug-likeness (QED) is 0.732. The molecule has 1 aliphatic rings. The van der Waals surface area contributed by atoms with Crippen molar-refractivity contribution >= 4 is 0 Å². The lowest BCUT2D eigenvalue weighted by Gasteiger charge is -2.51. The minimum absolute atomic E-state index is 0.226. The highest BCUT2D eigenvalue weighted by molar-refractivity contribution is 5.17. The van der Waals surface area contributed by atoms with E-state index < -0.39 is 48.1 Å². The van der Waals surface area contributed by atoms with E-state index in [1.54, 1.807) is 0 Å². The van der Waals surface area contributed by atoms with Crippen LogP contribution in [0.5, 0.6) is 0 Å². The van der Waals surface area contributed by atoms with Gasteiger partial charge in [0.05, 0.1) is 0 Å². The molecule has 114 valence electrons. The first-order chi connectivity index (χ1) is 8.10. The summed E-state index contributed by atoms with van der Waals surface area (Å²) in [6.07, 6.45) is -8.93. The van der Waals surface area contributed by atoms with Crippen LogP contribution in [0.2, 0.25) is 0 Å². The average molecular weight is 300 g/mol. The smallest absolute Gasteiger partial charge is 0.376 e. The normalized spacial score (nSPS) is 40.3. The van der Waals surface area contributed by atoms with Gasteiger partial charge in [-0.2, -0.15) is 22.0 Å². The number of hydrogen-bond acceptors (Lipinski definition) is 1. The molecule has 9 heteroatoms. The summed E-state index contributed by atoms with van der Waals surface area (Å²) in [5.41, 5.74) is -9.58. The van der Waals surface area contributed by atoms with Crippen molar-refractivity contribution in [2.45, 2.75) is 56.0 Å². The molecule has 1 nitrogen and oxygen atoms in total. The summed E-state index contributed by atoms with van der Waals surface area (Å²) in [5, 5.41) is 9.16. The molecule has 19 heavy (non-hydrogen) atoms. The molecule has 0 aliphatic heterocycles. The van der Waals surface area contributed by atoms with Gasteiger partial charge < -0.3 is 5.11 Å². The van der Waals surface area contributed by atoms with E-state index in [2.05, 4.69) is 0 Å². The first kappa shape index (κ1) is 16.5. The van der Waals surface area contributed by atoms with Crippen molar-refractivity contribution in [3.8, 4) is 0 Å². The summed E-state index contributed by atoms with van der Waals surface area (Å²) in [4.78, 5) is 0. The van der Waals surface area contributed by atoms with Crippen LogP contribution in [0.4, 0.5) is 35.1 Å². The number of aliphatic hydroxyl groups is 1. The molecule has 1 fully saturated rings. The summed E-state index contributed by atoms with van der Waals surface area (Å²) in [5.74, 6) is -11.9. The molecule has 3 atom stereocenters. The molecule has 0 bridgehead atoms. The van der Waals surface area contributed by atoms with Crippen LogP contribution in [-0.4, -0.2) is 34.4 Å². The first-order valence-corrected chi connectivity index (χ1v) is 5.34. The van der Waals surface area contributed by atoms with Crippen molar-refractivity contribution in [1.82, 2.24) is 0 Å². The van der Waals surface area contributed by atoms with Crippen LogP contribution in [0.25, 0.3) is 0 Å². The lowest BCUT2D eigenvalue weighted by molar-refractivity contribution is -0.398. The van der Waals surface area contributed by atoms with Gasteiger partial charge in [-0.15, -0.1) is 0 Å². The second-order valence-electron chi connectivity index (χ2n) is 5.14. The maximum Gasteiger partial charge on any atom is 0.423 e. The Bertz CT molecular complexity index is 328. The highest BCUT2D eigenvalue weighted by Gasteiger charge is 2.83. The topological polar surface area (TPSA) is 20.2 Å². The Balaban J connectivity index is 3.48. The zero-order chi connectivity index (χ0) is 15.5. The monoisotopic (exact) mass is 300 g/mol. The summed E-state index contributed by atoms with van der Waals surface area (Å²) >= 11 is 0. The maximum absolute atomic E-state index is 14.0. The second kappa shape index (κ2) is 3.95. The van der Waals surface area contributed by atoms with Crippen LogP contribution >= 0.6 is 0 Å². The van der Waals surface area contributed by atoms with Crippen LogP contribution < -0.4 is 0 Å². The molecule has 1 aliphatic carbocycles. The van der Waals surface area contributed by atoms with Crippen molar-refractivity contribution < 1.29 is 40.2 Å². The molecule has 0 amide bonds. The Hall–Kier alpha value is -0.600. The van der Waals surface area contributed by atoms with Crippen LogP contribution in [0, 0.1) is 5.92 Å². The van der Waals surface area contributed by atoms with E-state index in [9.17, 15) is 35.1 Å². The Kier molecular flexibility index (Phi) is 3.42. The van der Waals surface area contributed by atoms with Crippen molar-refractivity contribution in [1.29, 1.82) is 0 Å². The zero-order valence-electron chi connectivity index (χ0n) is 9.96. The van der Waals surface area contributed by atoms with E-state index in [0.717, 1.165) is 6.92 Å². The fraction of sp³-hybridized carbons (Fsp3) is 1.00. The van der Waals surface area contributed by atoms with Crippen molar-refractivity contribution in [3.05, 3.63) is 0 Å². The van der Waals surface area contributed by atoms with E-state index in [1.807, 2.05) is 0 Å². The van der Waals surface area contributed by atoms with E-state index >= 15 is 0 Å². The van der Waals surface area contributed by atoms with Gasteiger partial charge in [0, 0.05) is 6.92 Å². The summed E-state index contributed by atoms with van der Waals surface area (Å²) in [7, 11) is 0. The lowest BCUT2D eigenvalue weighted by Crippen LogP contribution is -2.74. The van der Waals surface area contributed by atoms with Gasteiger partial charge in [0.1, 0.15) is 0 Å². The number of hydrogen-bond donors (Lipinski definition) is 1. The van der Waals surface area contributed by atoms with E-state index in [0.29, 0.717) is 0 Å². The molecule has 0 spiro atoms. The van der Waals surface area contributed by atoms with Crippen LogP contribution in [-0.2, 0) is 0 Å². The minimum atomic E-state index is -5.92. The third kappa shape index (κ3) is 2.00. The fourth-order valence-corrected chi connectivity index (χ4v) is 2.39. The van der Waals surface area contributed by atoms with Crippen molar-refractivity contribution in [3.63, 3.8) is 0 Å². The standard InChI is InChI=1S/C10H12F8O/c1-5-3-7(13,6(2,11)12)9(14,15)8(19,4-5)10(16,17)18/h5,19H,3-4H2,1-2H3. The molecule has 0 aromatic carbocycles. The summed E-state index contributed by atoms with van der Waals surface area (Å²) in [6.45, 7) is 0.668. The van der Waals surface area contributed by atoms with Gasteiger partial charge in [-0.3, -0.25) is 0 Å². The highest BCUT2D eigenvalue weighted by atomic mass is 19.4. The Morgan fingerprint density at radius 3 is 1.74 bits per heavy atom. The largest absolute Gasteiger partial charge is 0.423 e. The minimum Gasteiger partial charge on any atom is -0.376 e. The molecular weight excluding hydrogens is 288 g/mol. The van der Waals surface area contributed by atoms with Crippen molar-refractivity contribution in [2.75, 3.05) is 0 Å². The predicted molar refractivity (Wildman–Crippen MR) is 48.8 cm³/mol. The van der Waals surface area contributed by atoms with Gasteiger partial charge in [0.25, 0.3) is 5.92 Å². The average Bonchev–Trinajstić information content (AvgIpc) is 2.10. The highest BCUT2D eigenvalue weighted by Crippen LogP contribution is 2.61. The number of alkyl halides is 8. The first-order valence-electron chi connectivity index (χ1n) is 5.34. The SMILES string of the molecule is CC1CC(O)(C(F)(F)F)C(F)(F)C(F)(C(C)(F)F)C1. The Morgan fingerprint density at radius 2 is 1.42 bits per heavy atom. The maximum atomic E-state index is 14.0. The van der Waals surface area contributed by atoms with Crippen LogP contribution in [0.15, 0.2) is 0 Å². The van der Waals surface area contributed by atoms with E-state index in [-0.39, 0.29) is 6.92 Å². The third-order valence-electron chi connectivity index (χ3n) is 3.46. The van der Waals surface area contributed by atoms with Gasteiger partial charge in [0.15, 0.2) is 0 Å². The molecular formula is C10H12F8O. The zero-order valence-corrected chi connectivity index (χ0v) is 9.96. The number of halogens is 8. The second-order valence-corrected chi connectivity index (χ2v) is 5.14. The molecule has 3 unspecified atom stereocenters. The summed E-state index contributed by atoms with van der Waals surface area (Å²) in [6, 6.07) is 0. The Morgan fingerprint density at radius 1 is 1.00 bits per heavy atom. The molecule has 1 saturated carbocycles. The molecule has 0 heterocycles. The van der Waals surface area contributed by atoms with Gasteiger partial charge >= 0.3 is 12.1 Å². The van der Waals surface area contributed by atoms with Gasteiger partial charge in [-0.1, -0.05) is 6.92 Å². The third-order valence-corrected chi connectivity index (χ3v) is 3.46. The van der Waals surface area contributed by atoms with E-state index in [4.69, 9.17) is 5.11 Å². The molecule has 0 aromatic heterocycles. The lowest BCUT2D eigenvalue weighted by atomic mass is 9.65. The van der Waals surface area contributed by atoms with Crippen molar-refractivity contribution in [2.24, 2.45) is 5.92 Å². The van der Waals surface area contributed by atoms with Gasteiger partial charge in [-0.05, 0) is 18.8 Å². The number of rotatable bonds is 1. The van der Waals surface area contributed by atoms with Crippen LogP contribution in [0.3, 0.4) is 0 Å². The molecule has 1 rings (SSSR count). The van der Waals surface area contributed by atoms with Gasteiger partial charge in [-0.25, -0.2) is 13.2 Å². The van der Waals surface area contributed by atoms with Crippen LogP contribution in [0.1, 0.15) is 26.7 Å². The molecule has 0 saturated heterocycles. The molecule has 0 radical (unpaired) electrons. The fourth-order valence-electron chi connectivity index (χ4n) is 2.39. The molecule has 1 N–H and O–H groups in total.